The number of nitrogens with one attached hydrogen (secondary N) is 1. The van der Waals surface area contributed by atoms with Gasteiger partial charge in [0.1, 0.15) is 0 Å². The molecule has 2 aliphatic rings. The summed E-state index contributed by atoms with van der Waals surface area (Å²) in [6, 6.07) is 7.03. The van der Waals surface area contributed by atoms with Crippen LogP contribution in [0.5, 0.6) is 0 Å². The highest BCUT2D eigenvalue weighted by Crippen LogP contribution is 2.45. The largest absolute Gasteiger partial charge is 0.459 e. The van der Waals surface area contributed by atoms with E-state index in [2.05, 4.69) is 10.3 Å². The fourth-order valence-electron chi connectivity index (χ4n) is 3.49. The number of carbonyl (C=O) groups excluding carboxylic acids is 2. The molecular weight excluding hydrogens is 434 g/mol. The molecule has 0 fully saturated rings. The number of amidine groups is 1. The van der Waals surface area contributed by atoms with Crippen molar-refractivity contribution < 1.29 is 14.3 Å². The molecule has 1 N–H and O–H groups in total. The highest BCUT2D eigenvalue weighted by molar-refractivity contribution is 8.16. The van der Waals surface area contributed by atoms with E-state index < -0.39 is 12.0 Å². The van der Waals surface area contributed by atoms with Gasteiger partial charge in [-0.15, -0.1) is 0 Å². The third-order valence-corrected chi connectivity index (χ3v) is 6.21. The van der Waals surface area contributed by atoms with Crippen molar-refractivity contribution in [3.63, 3.8) is 0 Å². The summed E-state index contributed by atoms with van der Waals surface area (Å²) in [6.07, 6.45) is 0.787. The standard InChI is InChI=1S/C23H28ClN3O3S/c1-6-14(4)25-19(28)11-18-12-31-23-26-15(5)20(22(29)30-13(2)3)21(27(18)23)16-8-7-9-17(24)10-16/h7-10,12-14,21H,6,11H2,1-5H3,(H,25,28)/t14-,21-/m0/s1. The lowest BCUT2D eigenvalue weighted by Crippen LogP contribution is -2.39. The number of benzene rings is 1. The number of carbonyl (C=O) groups is 2. The molecule has 1 aromatic carbocycles. The zero-order chi connectivity index (χ0) is 22.7. The Morgan fingerprint density at radius 1 is 1.32 bits per heavy atom. The third-order valence-electron chi connectivity index (χ3n) is 5.09. The Morgan fingerprint density at radius 3 is 2.71 bits per heavy atom. The highest BCUT2D eigenvalue weighted by atomic mass is 35.5. The molecular formula is C23H28ClN3O3S. The van der Waals surface area contributed by atoms with Gasteiger partial charge in [0.15, 0.2) is 5.17 Å². The average Bonchev–Trinajstić information content (AvgIpc) is 3.07. The van der Waals surface area contributed by atoms with Crippen molar-refractivity contribution in [1.29, 1.82) is 0 Å². The van der Waals surface area contributed by atoms with Crippen molar-refractivity contribution in [1.82, 2.24) is 10.2 Å². The monoisotopic (exact) mass is 461 g/mol. The molecule has 166 valence electrons. The van der Waals surface area contributed by atoms with Crippen LogP contribution in [0.4, 0.5) is 0 Å². The van der Waals surface area contributed by atoms with Crippen LogP contribution in [0.2, 0.25) is 5.02 Å². The van der Waals surface area contributed by atoms with Gasteiger partial charge < -0.3 is 15.0 Å². The van der Waals surface area contributed by atoms with E-state index in [9.17, 15) is 9.59 Å². The van der Waals surface area contributed by atoms with Gasteiger partial charge in [0.2, 0.25) is 5.91 Å². The second-order valence-electron chi connectivity index (χ2n) is 7.96. The van der Waals surface area contributed by atoms with Crippen LogP contribution in [0, 0.1) is 0 Å². The molecule has 2 aliphatic heterocycles. The molecule has 2 atom stereocenters. The van der Waals surface area contributed by atoms with Crippen LogP contribution in [-0.4, -0.2) is 34.1 Å². The molecule has 1 amide bonds. The molecule has 1 aromatic rings. The van der Waals surface area contributed by atoms with Crippen LogP contribution < -0.4 is 5.32 Å². The summed E-state index contributed by atoms with van der Waals surface area (Å²) < 4.78 is 5.54. The summed E-state index contributed by atoms with van der Waals surface area (Å²) in [6.45, 7) is 9.45. The summed E-state index contributed by atoms with van der Waals surface area (Å²) in [5.41, 5.74) is 2.69. The van der Waals surface area contributed by atoms with E-state index in [1.807, 2.05) is 63.1 Å². The van der Waals surface area contributed by atoms with Crippen molar-refractivity contribution in [3.8, 4) is 0 Å². The van der Waals surface area contributed by atoms with Gasteiger partial charge in [-0.25, -0.2) is 9.79 Å². The maximum Gasteiger partial charge on any atom is 0.338 e. The van der Waals surface area contributed by atoms with E-state index in [-0.39, 0.29) is 24.5 Å². The number of aliphatic imine (C=N–C) groups is 1. The Hall–Kier alpha value is -2.25. The Labute approximate surface area is 192 Å². The lowest BCUT2D eigenvalue weighted by Gasteiger charge is -2.36. The number of allylic oxidation sites excluding steroid dienone is 1. The molecule has 0 radical (unpaired) electrons. The van der Waals surface area contributed by atoms with Crippen molar-refractivity contribution in [2.45, 2.75) is 65.6 Å². The molecule has 0 saturated carbocycles. The van der Waals surface area contributed by atoms with Crippen LogP contribution in [-0.2, 0) is 14.3 Å². The Morgan fingerprint density at radius 2 is 2.06 bits per heavy atom. The first kappa shape index (κ1) is 23.4. The molecule has 0 unspecified atom stereocenters. The summed E-state index contributed by atoms with van der Waals surface area (Å²) in [5, 5.41) is 6.23. The van der Waals surface area contributed by atoms with Gasteiger partial charge in [-0.2, -0.15) is 0 Å². The third kappa shape index (κ3) is 5.33. The number of hydrogen-bond acceptors (Lipinski definition) is 6. The topological polar surface area (TPSA) is 71.0 Å². The van der Waals surface area contributed by atoms with Gasteiger partial charge in [-0.3, -0.25) is 4.79 Å². The number of ether oxygens (including phenoxy) is 1. The quantitative estimate of drug-likeness (QED) is 0.567. The van der Waals surface area contributed by atoms with Gasteiger partial charge in [0.05, 0.1) is 29.8 Å². The van der Waals surface area contributed by atoms with E-state index in [1.54, 1.807) is 6.07 Å². The number of rotatable bonds is 7. The molecule has 0 saturated heterocycles. The van der Waals surface area contributed by atoms with Crippen LogP contribution in [0.1, 0.15) is 59.1 Å². The van der Waals surface area contributed by atoms with E-state index in [0.29, 0.717) is 16.3 Å². The smallest absolute Gasteiger partial charge is 0.338 e. The molecule has 31 heavy (non-hydrogen) atoms. The molecule has 0 spiro atoms. The minimum absolute atomic E-state index is 0.0649. The lowest BCUT2D eigenvalue weighted by molar-refractivity contribution is -0.143. The summed E-state index contributed by atoms with van der Waals surface area (Å²) in [7, 11) is 0. The number of esters is 1. The van der Waals surface area contributed by atoms with Crippen LogP contribution in [0.25, 0.3) is 0 Å². The van der Waals surface area contributed by atoms with Crippen molar-refractivity contribution in [3.05, 3.63) is 57.2 Å². The Bertz CT molecular complexity index is 971. The van der Waals surface area contributed by atoms with Gasteiger partial charge in [-0.1, -0.05) is 42.4 Å². The van der Waals surface area contributed by atoms with Gasteiger partial charge >= 0.3 is 5.97 Å². The molecule has 0 aromatic heterocycles. The molecule has 0 bridgehead atoms. The summed E-state index contributed by atoms with van der Waals surface area (Å²) in [4.78, 5) is 32.3. The lowest BCUT2D eigenvalue weighted by atomic mass is 9.94. The number of halogens is 1. The predicted octanol–water partition coefficient (Wildman–Crippen LogP) is 5.17. The normalized spacial score (nSPS) is 19.1. The molecule has 3 rings (SSSR count). The number of hydrogen-bond donors (Lipinski definition) is 1. The van der Waals surface area contributed by atoms with Crippen molar-refractivity contribution >= 4 is 40.4 Å². The maximum absolute atomic E-state index is 13.1. The maximum atomic E-state index is 13.1. The minimum atomic E-state index is -0.477. The van der Waals surface area contributed by atoms with Crippen LogP contribution >= 0.6 is 23.4 Å². The van der Waals surface area contributed by atoms with Crippen LogP contribution in [0.15, 0.2) is 51.6 Å². The number of nitrogens with zero attached hydrogens (tertiary/aromatic N) is 2. The first-order valence-electron chi connectivity index (χ1n) is 10.4. The minimum Gasteiger partial charge on any atom is -0.459 e. The fourth-order valence-corrected chi connectivity index (χ4v) is 4.66. The van der Waals surface area contributed by atoms with E-state index in [1.165, 1.54) is 11.8 Å². The second kappa shape index (κ2) is 9.92. The molecule has 2 heterocycles. The highest BCUT2D eigenvalue weighted by Gasteiger charge is 2.41. The average molecular weight is 462 g/mol. The van der Waals surface area contributed by atoms with Gasteiger partial charge in [0.25, 0.3) is 0 Å². The summed E-state index contributed by atoms with van der Waals surface area (Å²) >= 11 is 7.73. The van der Waals surface area contributed by atoms with Gasteiger partial charge in [0, 0.05) is 16.8 Å². The number of amides is 1. The predicted molar refractivity (Wildman–Crippen MR) is 126 cm³/mol. The van der Waals surface area contributed by atoms with E-state index in [0.717, 1.165) is 22.8 Å². The zero-order valence-corrected chi connectivity index (χ0v) is 20.0. The first-order chi connectivity index (χ1) is 14.7. The van der Waals surface area contributed by atoms with Gasteiger partial charge in [-0.05, 0) is 57.2 Å². The van der Waals surface area contributed by atoms with Crippen molar-refractivity contribution in [2.24, 2.45) is 4.99 Å². The fraction of sp³-hybridized carbons (Fsp3) is 0.435. The SMILES string of the molecule is CC[C@H](C)NC(=O)CC1=CSC2=NC(C)=C(C(=O)OC(C)C)[C@H](c3cccc(Cl)c3)N12. The van der Waals surface area contributed by atoms with Crippen molar-refractivity contribution in [2.75, 3.05) is 0 Å². The Kier molecular flexibility index (Phi) is 7.49. The summed E-state index contributed by atoms with van der Waals surface area (Å²) in [5.74, 6) is -0.481. The van der Waals surface area contributed by atoms with E-state index >= 15 is 0 Å². The zero-order valence-electron chi connectivity index (χ0n) is 18.4. The molecule has 0 aliphatic carbocycles. The Balaban J connectivity index is 2.01. The second-order valence-corrected chi connectivity index (χ2v) is 9.23. The van der Waals surface area contributed by atoms with E-state index in [4.69, 9.17) is 16.3 Å². The molecule has 6 nitrogen and oxygen atoms in total. The molecule has 8 heteroatoms. The number of thioether (sulfide) groups is 1. The first-order valence-corrected chi connectivity index (χ1v) is 11.7. The number of fused-ring (bicyclic) bond motifs is 1. The van der Waals surface area contributed by atoms with Crippen LogP contribution in [0.3, 0.4) is 0 Å².